The van der Waals surface area contributed by atoms with Gasteiger partial charge in [-0.15, -0.1) is 0 Å². The van der Waals surface area contributed by atoms with Gasteiger partial charge in [-0.05, 0) is 50.2 Å². The number of carbonyl (C=O) groups is 1. The minimum absolute atomic E-state index is 0.226. The van der Waals surface area contributed by atoms with Crippen LogP contribution in [-0.2, 0) is 6.54 Å². The second kappa shape index (κ2) is 10.3. The summed E-state index contributed by atoms with van der Waals surface area (Å²) in [6, 6.07) is 11.3. The average molecular weight is 538 g/mol. The number of rotatable bonds is 6. The highest BCUT2D eigenvalue weighted by molar-refractivity contribution is 7.16. The van der Waals surface area contributed by atoms with Crippen LogP contribution in [0.5, 0.6) is 0 Å². The molecule has 0 saturated carbocycles. The number of halogens is 2. The van der Waals surface area contributed by atoms with E-state index in [0.29, 0.717) is 77.4 Å². The molecule has 1 saturated heterocycles. The lowest BCUT2D eigenvalue weighted by Gasteiger charge is -2.34. The fourth-order valence-corrected chi connectivity index (χ4v) is 5.64. The van der Waals surface area contributed by atoms with Crippen LogP contribution in [0.25, 0.3) is 22.2 Å². The predicted molar refractivity (Wildman–Crippen MR) is 142 cm³/mol. The van der Waals surface area contributed by atoms with Gasteiger partial charge in [0.25, 0.3) is 0 Å². The van der Waals surface area contributed by atoms with Crippen molar-refractivity contribution < 1.29 is 18.7 Å². The van der Waals surface area contributed by atoms with Gasteiger partial charge in [-0.2, -0.15) is 10.4 Å². The topological polar surface area (TPSA) is 102 Å². The minimum atomic E-state index is -0.962. The summed E-state index contributed by atoms with van der Waals surface area (Å²) in [5.41, 5.74) is 1.96. The van der Waals surface area contributed by atoms with Crippen LogP contribution >= 0.6 is 11.3 Å². The molecule has 12 heteroatoms. The third-order valence-electron chi connectivity index (χ3n) is 6.61. The molecule has 9 nitrogen and oxygen atoms in total. The number of thiazole rings is 1. The molecule has 38 heavy (non-hydrogen) atoms. The maximum absolute atomic E-state index is 15.4. The van der Waals surface area contributed by atoms with Crippen LogP contribution in [0.4, 0.5) is 30.2 Å². The molecule has 0 bridgehead atoms. The average Bonchev–Trinajstić information content (AvgIpc) is 3.52. The van der Waals surface area contributed by atoms with Crippen molar-refractivity contribution in [3.63, 3.8) is 0 Å². The number of amides is 1. The van der Waals surface area contributed by atoms with Gasteiger partial charge >= 0.3 is 6.09 Å². The lowest BCUT2D eigenvalue weighted by atomic mass is 10.1. The summed E-state index contributed by atoms with van der Waals surface area (Å²) >= 11 is 1.21. The summed E-state index contributed by atoms with van der Waals surface area (Å²) in [6.45, 7) is 6.38. The fourth-order valence-electron chi connectivity index (χ4n) is 4.69. The maximum Gasteiger partial charge on any atom is 0.407 e. The smallest absolute Gasteiger partial charge is 0.407 e. The number of nitriles is 1. The molecule has 1 aliphatic heterocycles. The Bertz CT molecular complexity index is 1540. The molecule has 1 amide bonds. The first kappa shape index (κ1) is 25.4. The van der Waals surface area contributed by atoms with Crippen molar-refractivity contribution in [2.75, 3.05) is 42.5 Å². The van der Waals surface area contributed by atoms with E-state index in [1.807, 2.05) is 29.7 Å². The monoisotopic (exact) mass is 537 g/mol. The summed E-state index contributed by atoms with van der Waals surface area (Å²) in [6.07, 6.45) is -0.962. The van der Waals surface area contributed by atoms with Crippen molar-refractivity contribution in [3.8, 4) is 17.3 Å². The van der Waals surface area contributed by atoms with Crippen molar-refractivity contribution >= 4 is 45.0 Å². The van der Waals surface area contributed by atoms with Crippen LogP contribution in [0.2, 0.25) is 0 Å². The molecule has 0 aliphatic carbocycles. The quantitative estimate of drug-likeness (QED) is 0.357. The SMILES string of the molecule is CCN(c1nc(-c2ccc(F)cc2)c(C#N)s1)c1c2cc(N3CCN(C(=O)O)CC3)cc(F)c2nn1CC. The predicted octanol–water partition coefficient (Wildman–Crippen LogP) is 5.29. The number of benzene rings is 2. The Morgan fingerprint density at radius 1 is 1.16 bits per heavy atom. The molecule has 196 valence electrons. The fraction of sp³-hybridized carbons (Fsp3) is 0.308. The number of aromatic nitrogens is 3. The van der Waals surface area contributed by atoms with Crippen molar-refractivity contribution in [2.24, 2.45) is 0 Å². The number of hydrogen-bond donors (Lipinski definition) is 1. The number of piperazine rings is 1. The van der Waals surface area contributed by atoms with Gasteiger partial charge in [0, 0.05) is 55.9 Å². The van der Waals surface area contributed by atoms with Crippen molar-refractivity contribution in [1.82, 2.24) is 19.7 Å². The summed E-state index contributed by atoms with van der Waals surface area (Å²) < 4.78 is 30.6. The normalized spacial score (nSPS) is 13.7. The van der Waals surface area contributed by atoms with E-state index in [4.69, 9.17) is 4.98 Å². The lowest BCUT2D eigenvalue weighted by molar-refractivity contribution is 0.142. The number of aryl methyl sites for hydroxylation is 1. The van der Waals surface area contributed by atoms with E-state index >= 15 is 4.39 Å². The summed E-state index contributed by atoms with van der Waals surface area (Å²) in [4.78, 5) is 21.6. The van der Waals surface area contributed by atoms with Crippen molar-refractivity contribution in [3.05, 3.63) is 52.9 Å². The molecule has 4 aromatic rings. The Hall–Kier alpha value is -4.24. The van der Waals surface area contributed by atoms with Gasteiger partial charge in [0.15, 0.2) is 10.9 Å². The number of nitrogens with zero attached hydrogens (tertiary/aromatic N) is 7. The highest BCUT2D eigenvalue weighted by Crippen LogP contribution is 2.40. The van der Waals surface area contributed by atoms with Gasteiger partial charge in [-0.3, -0.25) is 0 Å². The number of carboxylic acid groups (broad SMARTS) is 1. The Balaban J connectivity index is 1.59. The van der Waals surface area contributed by atoms with Gasteiger partial charge in [0.1, 0.15) is 33.8 Å². The molecule has 0 atom stereocenters. The lowest BCUT2D eigenvalue weighted by Crippen LogP contribution is -2.48. The zero-order valence-corrected chi connectivity index (χ0v) is 21.7. The molecule has 3 heterocycles. The molecule has 0 unspecified atom stereocenters. The molecule has 2 aromatic heterocycles. The van der Waals surface area contributed by atoms with Gasteiger partial charge in [-0.1, -0.05) is 11.3 Å². The minimum Gasteiger partial charge on any atom is -0.465 e. The maximum atomic E-state index is 15.4. The second-order valence-electron chi connectivity index (χ2n) is 8.76. The van der Waals surface area contributed by atoms with Crippen LogP contribution in [0.1, 0.15) is 18.7 Å². The Labute approximate surface area is 221 Å². The first-order valence-electron chi connectivity index (χ1n) is 12.2. The number of hydrogen-bond acceptors (Lipinski definition) is 7. The van der Waals surface area contributed by atoms with Crippen molar-refractivity contribution in [2.45, 2.75) is 20.4 Å². The van der Waals surface area contributed by atoms with Crippen LogP contribution < -0.4 is 9.80 Å². The molecule has 2 aromatic carbocycles. The summed E-state index contributed by atoms with van der Waals surface area (Å²) in [5.74, 6) is -0.191. The van der Waals surface area contributed by atoms with Crippen LogP contribution in [-0.4, -0.2) is 63.6 Å². The molecule has 1 N–H and O–H groups in total. The molecule has 5 rings (SSSR count). The standard InChI is InChI=1S/C26H25F2N7O2S/c1-3-34(25-30-22(21(15-29)38-25)16-5-7-17(27)8-6-16)24-19-13-18(14-20(28)23(19)31-35(24)4-2)32-9-11-33(12-10-32)26(36)37/h5-8,13-14H,3-4,9-12H2,1-2H3,(H,36,37). The van der Waals surface area contributed by atoms with Gasteiger partial charge in [-0.25, -0.2) is 23.2 Å². The van der Waals surface area contributed by atoms with E-state index in [1.54, 1.807) is 16.8 Å². The van der Waals surface area contributed by atoms with Crippen LogP contribution in [0, 0.1) is 23.0 Å². The molecular weight excluding hydrogens is 512 g/mol. The van der Waals surface area contributed by atoms with Crippen LogP contribution in [0.15, 0.2) is 36.4 Å². The van der Waals surface area contributed by atoms with Gasteiger partial charge in [0.05, 0.1) is 0 Å². The van der Waals surface area contributed by atoms with E-state index in [-0.39, 0.29) is 11.3 Å². The zero-order chi connectivity index (χ0) is 27.0. The highest BCUT2D eigenvalue weighted by atomic mass is 32.1. The summed E-state index contributed by atoms with van der Waals surface area (Å²) in [7, 11) is 0. The molecule has 0 spiro atoms. The van der Waals surface area contributed by atoms with E-state index in [0.717, 1.165) is 0 Å². The van der Waals surface area contributed by atoms with E-state index in [1.165, 1.54) is 34.4 Å². The van der Waals surface area contributed by atoms with Crippen molar-refractivity contribution in [1.29, 1.82) is 5.26 Å². The Kier molecular flexibility index (Phi) is 6.86. The number of anilines is 3. The van der Waals surface area contributed by atoms with E-state index in [9.17, 15) is 19.6 Å². The number of fused-ring (bicyclic) bond motifs is 1. The molecule has 1 aliphatic rings. The first-order valence-corrected chi connectivity index (χ1v) is 13.0. The van der Waals surface area contributed by atoms with E-state index < -0.39 is 11.9 Å². The molecular formula is C26H25F2N7O2S. The Morgan fingerprint density at radius 3 is 2.47 bits per heavy atom. The Morgan fingerprint density at radius 2 is 1.87 bits per heavy atom. The third-order valence-corrected chi connectivity index (χ3v) is 7.59. The second-order valence-corrected chi connectivity index (χ2v) is 9.73. The van der Waals surface area contributed by atoms with Gasteiger partial charge < -0.3 is 19.8 Å². The largest absolute Gasteiger partial charge is 0.465 e. The third kappa shape index (κ3) is 4.50. The molecule has 1 fully saturated rings. The highest BCUT2D eigenvalue weighted by Gasteiger charge is 2.27. The van der Waals surface area contributed by atoms with E-state index in [2.05, 4.69) is 11.2 Å². The zero-order valence-electron chi connectivity index (χ0n) is 20.9. The molecule has 0 radical (unpaired) electrons. The van der Waals surface area contributed by atoms with Gasteiger partial charge in [0.2, 0.25) is 0 Å². The first-order chi connectivity index (χ1) is 18.3. The summed E-state index contributed by atoms with van der Waals surface area (Å²) in [5, 5.41) is 24.7. The van der Waals surface area contributed by atoms with Crippen LogP contribution in [0.3, 0.4) is 0 Å².